The predicted molar refractivity (Wildman–Crippen MR) is 587 cm³/mol. The van der Waals surface area contributed by atoms with E-state index in [0.29, 0.717) is 0 Å². The smallest absolute Gasteiger partial charge is 0.0582 e. The number of hydrogen-bond acceptors (Lipinski definition) is 0. The van der Waals surface area contributed by atoms with Gasteiger partial charge in [-0.15, -0.1) is 0 Å². The Hall–Kier alpha value is -15.4. The van der Waals surface area contributed by atoms with Gasteiger partial charge in [-0.3, -0.25) is 0 Å². The molecule has 660 valence electrons. The van der Waals surface area contributed by atoms with E-state index >= 15 is 0 Å². The first-order chi connectivity index (χ1) is 66.8. The van der Waals surface area contributed by atoms with E-state index in [-0.39, 0.29) is 32.5 Å². The second kappa shape index (κ2) is 27.9. The topological polar surface area (TPSA) is 14.8 Å². The Kier molecular flexibility index (Phi) is 16.4. The summed E-state index contributed by atoms with van der Waals surface area (Å²) >= 11 is 0. The molecule has 9 heterocycles. The van der Waals surface area contributed by atoms with E-state index in [4.69, 9.17) is 0 Å². The predicted octanol–water partition coefficient (Wildman–Crippen LogP) is 36.0. The van der Waals surface area contributed by atoms with E-state index in [0.717, 1.165) is 0 Å². The fourth-order valence-corrected chi connectivity index (χ4v) is 27.5. The van der Waals surface area contributed by atoms with Gasteiger partial charge in [0.05, 0.1) is 50.2 Å². The van der Waals surface area contributed by atoms with Gasteiger partial charge in [0.1, 0.15) is 0 Å². The molecule has 0 fully saturated rings. The quantitative estimate of drug-likeness (QED) is 0.147. The van der Waals surface area contributed by atoms with Gasteiger partial charge in [-0.1, -0.05) is 409 Å². The highest BCUT2D eigenvalue weighted by atomic mass is 15.0. The average molecular weight is 1770 g/mol. The van der Waals surface area contributed by atoms with Gasteiger partial charge in [0.25, 0.3) is 0 Å². The first-order valence-electron chi connectivity index (χ1n) is 49.6. The van der Waals surface area contributed by atoms with Crippen molar-refractivity contribution in [2.24, 2.45) is 0 Å². The summed E-state index contributed by atoms with van der Waals surface area (Å²) in [5.41, 5.74) is 48.1. The highest BCUT2D eigenvalue weighted by molar-refractivity contribution is 6.26. The van der Waals surface area contributed by atoms with Crippen LogP contribution in [-0.4, -0.2) is 13.7 Å². The van der Waals surface area contributed by atoms with Gasteiger partial charge in [-0.2, -0.15) is 0 Å². The van der Waals surface area contributed by atoms with Crippen LogP contribution >= 0.6 is 0 Å². The minimum absolute atomic E-state index is 0.160. The van der Waals surface area contributed by atoms with Gasteiger partial charge in [0, 0.05) is 64.8 Å². The largest absolute Gasteiger partial charge is 0.308 e. The Morgan fingerprint density at radius 2 is 0.304 bits per heavy atom. The standard InChI is InChI=1S/C46H37N.C45H35N.C44H33N/c1-26-20-34-35-21-27(2)23-37-43(35)47-42(34)36(22-26)45(3,4)38-24-29(25-39(44(38)47)46(37,5)6)41-32-18-12-10-16-30(32)40(28-14-8-7-9-15-28)31-17-11-13-19-33(31)41;1-26-22-34-33-20-13-21-35-41(33)46-42(34)36(23-26)45(4,5)38-25-28(24-37(43(38)46)44(35,2)3)40-31-18-11-9-16-29(31)39(27-14-7-6-8-15-27)30-17-10-12-19-32(30)40;1-43(2)34-22-12-20-32-33-21-13-23-35-41(33)45(40(32)34)42-36(43)24-27(25-37(42)44(35,3)4)39-30-18-10-8-16-28(30)38(26-14-6-5-7-15-26)29-17-9-11-19-31(29)39/h7-25H,1-6H3;6-25H,1-5H3;5-25H,1-4H3. The molecular formula is C135H105N3. The number of benzene rings is 21. The monoisotopic (exact) mass is 1770 g/mol. The van der Waals surface area contributed by atoms with Gasteiger partial charge in [-0.05, 0) is 274 Å². The number of rotatable bonds is 6. The minimum Gasteiger partial charge on any atom is -0.308 e. The van der Waals surface area contributed by atoms with Crippen molar-refractivity contribution in [2.75, 3.05) is 0 Å². The SMILES string of the molecule is CC1(C)c2cc(-c3c4ccccc4c(-c4ccccc4)c4ccccc34)cc3c2-n2c4c1cccc4c1cccc(c12)C3(C)C.Cc1cc2c3c(c1)c1cc(C)cc4c1n3-c1c(cc(-c3c5ccccc5c(-c5ccccc5)c5ccccc35)cc1C4(C)C)C2(C)C.Cc1cc2c3c(c1)c1cccc4c1n3-c1c(cc(-c3c5ccccc5c(-c5ccccc5)c5ccccc35)cc1C2(C)C)C4(C)C. The highest BCUT2D eigenvalue weighted by Gasteiger charge is 2.49. The van der Waals surface area contributed by atoms with Crippen molar-refractivity contribution in [2.45, 2.75) is 136 Å². The number of fused-ring (bicyclic) bond motifs is 9. The van der Waals surface area contributed by atoms with Gasteiger partial charge in [0.15, 0.2) is 0 Å². The van der Waals surface area contributed by atoms with E-state index < -0.39 is 0 Å². The first-order valence-corrected chi connectivity index (χ1v) is 49.6. The summed E-state index contributed by atoms with van der Waals surface area (Å²) in [6, 6.07) is 138. The summed E-state index contributed by atoms with van der Waals surface area (Å²) in [6.07, 6.45) is 0. The summed E-state index contributed by atoms with van der Waals surface area (Å²) in [5.74, 6) is 0. The van der Waals surface area contributed by atoms with Gasteiger partial charge in [-0.25, -0.2) is 0 Å². The van der Waals surface area contributed by atoms with Crippen LogP contribution in [0.5, 0.6) is 0 Å². The van der Waals surface area contributed by atoms with Crippen LogP contribution in [-0.2, 0) is 32.5 Å². The third-order valence-electron chi connectivity index (χ3n) is 34.0. The molecule has 0 atom stereocenters. The summed E-state index contributed by atoms with van der Waals surface area (Å²) < 4.78 is 7.90. The van der Waals surface area contributed by atoms with Crippen LogP contribution in [0.2, 0.25) is 0 Å². The van der Waals surface area contributed by atoms with Crippen LogP contribution in [0.3, 0.4) is 0 Å². The summed E-state index contributed by atoms with van der Waals surface area (Å²) in [5, 5.41) is 23.9. The number of para-hydroxylation sites is 3. The number of nitrogens with zero attached hydrogens (tertiary/aromatic N) is 3. The van der Waals surface area contributed by atoms with Gasteiger partial charge in [0.2, 0.25) is 0 Å². The van der Waals surface area contributed by atoms with Crippen LogP contribution in [0.1, 0.15) is 167 Å². The van der Waals surface area contributed by atoms with Crippen molar-refractivity contribution >= 4 is 130 Å². The van der Waals surface area contributed by atoms with Gasteiger partial charge < -0.3 is 13.7 Å². The average Bonchev–Trinajstić information content (AvgIpc) is 1.48. The molecule has 30 rings (SSSR count). The molecule has 21 aromatic carbocycles. The number of hydrogen-bond donors (Lipinski definition) is 0. The molecule has 6 aliphatic rings. The van der Waals surface area contributed by atoms with Crippen LogP contribution in [0, 0.1) is 20.8 Å². The van der Waals surface area contributed by atoms with Crippen LogP contribution in [0.15, 0.2) is 364 Å². The molecule has 0 aliphatic carbocycles. The lowest BCUT2D eigenvalue weighted by Crippen LogP contribution is -2.33. The molecule has 0 unspecified atom stereocenters. The molecule has 0 spiro atoms. The number of aryl methyl sites for hydroxylation is 3. The second-order valence-corrected chi connectivity index (χ2v) is 43.9. The molecule has 0 amide bonds. The van der Waals surface area contributed by atoms with Crippen LogP contribution in [0.4, 0.5) is 0 Å². The molecule has 0 radical (unpaired) electrons. The fourth-order valence-electron chi connectivity index (χ4n) is 27.5. The van der Waals surface area contributed by atoms with Crippen LogP contribution < -0.4 is 0 Å². The molecule has 0 saturated carbocycles. The molecule has 3 heteroatoms. The molecular weight excluding hydrogens is 1660 g/mol. The lowest BCUT2D eigenvalue weighted by molar-refractivity contribution is 0.593. The van der Waals surface area contributed by atoms with Gasteiger partial charge >= 0.3 is 0 Å². The maximum Gasteiger partial charge on any atom is 0.0582 e. The molecule has 0 bridgehead atoms. The minimum atomic E-state index is -0.174. The zero-order chi connectivity index (χ0) is 93.3. The zero-order valence-electron chi connectivity index (χ0n) is 81.0. The summed E-state index contributed by atoms with van der Waals surface area (Å²) in [7, 11) is 0. The Labute approximate surface area is 805 Å². The van der Waals surface area contributed by atoms with Crippen molar-refractivity contribution in [1.29, 1.82) is 0 Å². The Balaban J connectivity index is 0.000000102. The molecule has 3 aromatic heterocycles. The van der Waals surface area contributed by atoms with Crippen molar-refractivity contribution in [1.82, 2.24) is 13.7 Å². The molecule has 0 N–H and O–H groups in total. The normalized spacial score (nSPS) is 15.4. The van der Waals surface area contributed by atoms with E-state index in [1.165, 1.54) is 297 Å². The van der Waals surface area contributed by atoms with Crippen molar-refractivity contribution < 1.29 is 0 Å². The number of aromatic nitrogens is 3. The molecule has 24 aromatic rings. The van der Waals surface area contributed by atoms with Crippen molar-refractivity contribution in [3.63, 3.8) is 0 Å². The van der Waals surface area contributed by atoms with Crippen molar-refractivity contribution in [3.05, 3.63) is 447 Å². The first kappa shape index (κ1) is 81.0. The fraction of sp³-hybridized carbons (Fsp3) is 0.156. The lowest BCUT2D eigenvalue weighted by atomic mass is 9.67. The van der Waals surface area contributed by atoms with E-state index in [2.05, 4.69) is 482 Å². The third-order valence-corrected chi connectivity index (χ3v) is 34.0. The molecule has 3 nitrogen and oxygen atoms in total. The molecule has 138 heavy (non-hydrogen) atoms. The third kappa shape index (κ3) is 10.5. The van der Waals surface area contributed by atoms with E-state index in [1.54, 1.807) is 0 Å². The highest BCUT2D eigenvalue weighted by Crippen LogP contribution is 2.63. The second-order valence-electron chi connectivity index (χ2n) is 43.9. The molecule has 6 aliphatic heterocycles. The Morgan fingerprint density at radius 1 is 0.138 bits per heavy atom. The van der Waals surface area contributed by atoms with Crippen molar-refractivity contribution in [3.8, 4) is 83.8 Å². The molecule has 0 saturated heterocycles. The lowest BCUT2D eigenvalue weighted by Gasteiger charge is -2.42. The van der Waals surface area contributed by atoms with E-state index in [9.17, 15) is 0 Å². The summed E-state index contributed by atoms with van der Waals surface area (Å²) in [6.45, 7) is 36.1. The Morgan fingerprint density at radius 3 is 0.522 bits per heavy atom. The maximum atomic E-state index is 2.65. The zero-order valence-corrected chi connectivity index (χ0v) is 81.0. The Bertz CT molecular complexity index is 9280. The van der Waals surface area contributed by atoms with Crippen LogP contribution in [0.25, 0.3) is 214 Å². The van der Waals surface area contributed by atoms with E-state index in [1.807, 2.05) is 0 Å². The summed E-state index contributed by atoms with van der Waals surface area (Å²) in [4.78, 5) is 0. The maximum absolute atomic E-state index is 2.65.